The van der Waals surface area contributed by atoms with Crippen molar-refractivity contribution in [2.75, 3.05) is 26.3 Å². The van der Waals surface area contributed by atoms with E-state index >= 15 is 0 Å². The van der Waals surface area contributed by atoms with Crippen LogP contribution < -0.4 is 0 Å². The van der Waals surface area contributed by atoms with E-state index in [0.717, 1.165) is 5.56 Å². The number of carbonyl (C=O) groups excluding carboxylic acids is 1. The number of hydrogen-bond acceptors (Lipinski definition) is 5. The lowest BCUT2D eigenvalue weighted by Gasteiger charge is -2.39. The van der Waals surface area contributed by atoms with Crippen LogP contribution in [0.5, 0.6) is 0 Å². The molecule has 1 aromatic carbocycles. The fourth-order valence-corrected chi connectivity index (χ4v) is 2.95. The van der Waals surface area contributed by atoms with Crippen LogP contribution in [-0.4, -0.2) is 48.3 Å². The molecule has 1 saturated heterocycles. The first-order valence-electron chi connectivity index (χ1n) is 9.61. The highest BCUT2D eigenvalue weighted by Gasteiger charge is 2.32. The van der Waals surface area contributed by atoms with Gasteiger partial charge in [0.25, 0.3) is 11.0 Å². The van der Waals surface area contributed by atoms with Crippen LogP contribution >= 0.6 is 0 Å². The second kappa shape index (κ2) is 9.69. The highest BCUT2D eigenvalue weighted by molar-refractivity contribution is 5.95. The largest absolute Gasteiger partial charge is 0.375 e. The molecule has 2 rings (SSSR count). The lowest BCUT2D eigenvalue weighted by atomic mass is 9.92. The standard InChI is InChI=1S/C20H30N2O5/c1-14(2)16-9-17(15(3)4)11-18(10-16)20(23)21-12-19(13-21)26-7-5-6-8-27-22(24)25/h9-11,14-15,19H,5-8,12-13H2,1-4H3. The molecule has 1 heterocycles. The first-order valence-corrected chi connectivity index (χ1v) is 9.61. The minimum atomic E-state index is -0.782. The second-order valence-electron chi connectivity index (χ2n) is 7.66. The Morgan fingerprint density at radius 2 is 1.67 bits per heavy atom. The molecule has 0 aliphatic carbocycles. The third-order valence-corrected chi connectivity index (χ3v) is 4.78. The minimum Gasteiger partial charge on any atom is -0.375 e. The fourth-order valence-electron chi connectivity index (χ4n) is 2.95. The number of nitrogens with zero attached hydrogens (tertiary/aromatic N) is 2. The smallest absolute Gasteiger partial charge is 0.294 e. The van der Waals surface area contributed by atoms with Gasteiger partial charge < -0.3 is 14.5 Å². The van der Waals surface area contributed by atoms with E-state index in [2.05, 4.69) is 38.6 Å². The number of amides is 1. The molecule has 0 radical (unpaired) electrons. The van der Waals surface area contributed by atoms with Gasteiger partial charge in [-0.25, -0.2) is 0 Å². The molecule has 0 unspecified atom stereocenters. The van der Waals surface area contributed by atoms with Gasteiger partial charge in [0, 0.05) is 25.3 Å². The predicted octanol–water partition coefficient (Wildman–Crippen LogP) is 3.76. The van der Waals surface area contributed by atoms with Crippen LogP contribution in [0.4, 0.5) is 0 Å². The summed E-state index contributed by atoms with van der Waals surface area (Å²) in [7, 11) is 0. The summed E-state index contributed by atoms with van der Waals surface area (Å²) in [6.07, 6.45) is 1.33. The first kappa shape index (κ1) is 21.2. The molecule has 1 amide bonds. The SMILES string of the molecule is CC(C)c1cc(C(=O)N2CC(OCCCCO[N+](=O)[O-])C2)cc(C(C)C)c1. The maximum atomic E-state index is 12.8. The third kappa shape index (κ3) is 6.20. The molecule has 150 valence electrons. The van der Waals surface area contributed by atoms with Gasteiger partial charge in [0.15, 0.2) is 0 Å². The summed E-state index contributed by atoms with van der Waals surface area (Å²) in [5, 5.41) is 9.26. The number of hydrogen-bond donors (Lipinski definition) is 0. The van der Waals surface area contributed by atoms with Crippen molar-refractivity contribution in [2.24, 2.45) is 0 Å². The topological polar surface area (TPSA) is 81.9 Å². The van der Waals surface area contributed by atoms with Crippen LogP contribution in [-0.2, 0) is 9.57 Å². The molecule has 0 aromatic heterocycles. The lowest BCUT2D eigenvalue weighted by molar-refractivity contribution is -0.757. The van der Waals surface area contributed by atoms with Crippen molar-refractivity contribution < 1.29 is 19.5 Å². The van der Waals surface area contributed by atoms with E-state index in [1.165, 1.54) is 11.1 Å². The van der Waals surface area contributed by atoms with E-state index in [0.29, 0.717) is 44.4 Å². The number of carbonyl (C=O) groups is 1. The molecule has 7 heteroatoms. The normalized spacial score (nSPS) is 14.5. The Morgan fingerprint density at radius 3 is 2.19 bits per heavy atom. The number of unbranched alkanes of at least 4 members (excludes halogenated alkanes) is 1. The van der Waals surface area contributed by atoms with Crippen LogP contribution in [0.15, 0.2) is 18.2 Å². The Hall–Kier alpha value is -2.15. The molecule has 0 N–H and O–H groups in total. The van der Waals surface area contributed by atoms with Crippen LogP contribution in [0.1, 0.15) is 73.9 Å². The van der Waals surface area contributed by atoms with Gasteiger partial charge in [-0.1, -0.05) is 33.8 Å². The fraction of sp³-hybridized carbons (Fsp3) is 0.650. The van der Waals surface area contributed by atoms with Crippen molar-refractivity contribution in [3.8, 4) is 0 Å². The molecule has 1 aliphatic rings. The summed E-state index contributed by atoms with van der Waals surface area (Å²) < 4.78 is 5.71. The van der Waals surface area contributed by atoms with Gasteiger partial charge in [-0.2, -0.15) is 0 Å². The Bertz CT molecular complexity index is 628. The highest BCUT2D eigenvalue weighted by atomic mass is 16.9. The molecular formula is C20H30N2O5. The average molecular weight is 378 g/mol. The minimum absolute atomic E-state index is 0.0447. The second-order valence-corrected chi connectivity index (χ2v) is 7.66. The van der Waals surface area contributed by atoms with Crippen molar-refractivity contribution in [3.05, 3.63) is 45.0 Å². The van der Waals surface area contributed by atoms with Crippen molar-refractivity contribution >= 4 is 5.91 Å². The number of benzene rings is 1. The van der Waals surface area contributed by atoms with Gasteiger partial charge in [0.2, 0.25) is 0 Å². The van der Waals surface area contributed by atoms with Gasteiger partial charge in [0.1, 0.15) is 0 Å². The van der Waals surface area contributed by atoms with Gasteiger partial charge in [-0.15, -0.1) is 10.1 Å². The van der Waals surface area contributed by atoms with E-state index < -0.39 is 5.09 Å². The predicted molar refractivity (Wildman–Crippen MR) is 102 cm³/mol. The molecule has 1 aromatic rings. The summed E-state index contributed by atoms with van der Waals surface area (Å²) in [5.74, 6) is 0.808. The first-order chi connectivity index (χ1) is 12.8. The third-order valence-electron chi connectivity index (χ3n) is 4.78. The van der Waals surface area contributed by atoms with E-state index in [9.17, 15) is 14.9 Å². The maximum absolute atomic E-state index is 12.8. The monoisotopic (exact) mass is 378 g/mol. The molecule has 7 nitrogen and oxygen atoms in total. The summed E-state index contributed by atoms with van der Waals surface area (Å²) in [5.41, 5.74) is 3.13. The van der Waals surface area contributed by atoms with E-state index in [4.69, 9.17) is 4.74 Å². The average Bonchev–Trinajstić information content (AvgIpc) is 2.58. The van der Waals surface area contributed by atoms with E-state index in [-0.39, 0.29) is 18.6 Å². The molecular weight excluding hydrogens is 348 g/mol. The lowest BCUT2D eigenvalue weighted by Crippen LogP contribution is -2.54. The van der Waals surface area contributed by atoms with E-state index in [1.54, 1.807) is 0 Å². The zero-order chi connectivity index (χ0) is 20.0. The molecule has 0 bridgehead atoms. The zero-order valence-corrected chi connectivity index (χ0v) is 16.6. The van der Waals surface area contributed by atoms with Crippen LogP contribution in [0, 0.1) is 10.1 Å². The van der Waals surface area contributed by atoms with Gasteiger partial charge >= 0.3 is 0 Å². The summed E-state index contributed by atoms with van der Waals surface area (Å²) in [4.78, 5) is 28.9. The van der Waals surface area contributed by atoms with Gasteiger partial charge in [0.05, 0.1) is 12.7 Å². The Balaban J connectivity index is 1.80. The van der Waals surface area contributed by atoms with Gasteiger partial charge in [-0.3, -0.25) is 4.79 Å². The van der Waals surface area contributed by atoms with Crippen LogP contribution in [0.2, 0.25) is 0 Å². The van der Waals surface area contributed by atoms with Crippen LogP contribution in [0.3, 0.4) is 0 Å². The van der Waals surface area contributed by atoms with Crippen molar-refractivity contribution in [3.63, 3.8) is 0 Å². The van der Waals surface area contributed by atoms with Crippen molar-refractivity contribution in [1.82, 2.24) is 4.90 Å². The van der Waals surface area contributed by atoms with Crippen molar-refractivity contribution in [1.29, 1.82) is 0 Å². The van der Waals surface area contributed by atoms with Crippen molar-refractivity contribution in [2.45, 2.75) is 58.5 Å². The van der Waals surface area contributed by atoms with Gasteiger partial charge in [-0.05, 0) is 47.9 Å². The number of ether oxygens (including phenoxy) is 1. The van der Waals surface area contributed by atoms with Crippen LogP contribution in [0.25, 0.3) is 0 Å². The van der Waals surface area contributed by atoms with E-state index in [1.807, 2.05) is 17.0 Å². The molecule has 0 saturated carbocycles. The number of likely N-dealkylation sites (tertiary alicyclic amines) is 1. The summed E-state index contributed by atoms with van der Waals surface area (Å²) in [6, 6.07) is 6.20. The summed E-state index contributed by atoms with van der Waals surface area (Å²) >= 11 is 0. The maximum Gasteiger partial charge on any atom is 0.294 e. The Labute approximate surface area is 160 Å². The molecule has 0 atom stereocenters. The summed E-state index contributed by atoms with van der Waals surface area (Å²) in [6.45, 7) is 10.3. The molecule has 0 spiro atoms. The quantitative estimate of drug-likeness (QED) is 0.352. The number of rotatable bonds is 10. The Morgan fingerprint density at radius 1 is 1.11 bits per heavy atom. The zero-order valence-electron chi connectivity index (χ0n) is 16.6. The Kier molecular flexibility index (Phi) is 7.59. The molecule has 1 aliphatic heterocycles. The molecule has 27 heavy (non-hydrogen) atoms. The molecule has 1 fully saturated rings. The highest BCUT2D eigenvalue weighted by Crippen LogP contribution is 2.25.